The van der Waals surface area contributed by atoms with Gasteiger partial charge in [-0.3, -0.25) is 14.4 Å². The molecule has 0 spiro atoms. The Kier molecular flexibility index (Phi) is 5.73. The van der Waals surface area contributed by atoms with Gasteiger partial charge in [-0.2, -0.15) is 0 Å². The number of fused-ring (bicyclic) bond motifs is 1. The molecule has 1 atom stereocenters. The Bertz CT molecular complexity index is 1050. The molecule has 1 N–H and O–H groups in total. The molecule has 5 nitrogen and oxygen atoms in total. The predicted octanol–water partition coefficient (Wildman–Crippen LogP) is 3.83. The molecule has 30 heavy (non-hydrogen) atoms. The molecule has 0 radical (unpaired) electrons. The van der Waals surface area contributed by atoms with Crippen LogP contribution in [0.1, 0.15) is 46.3 Å². The van der Waals surface area contributed by atoms with Gasteiger partial charge < -0.3 is 10.2 Å². The van der Waals surface area contributed by atoms with Gasteiger partial charge in [0.1, 0.15) is 11.8 Å². The van der Waals surface area contributed by atoms with Crippen molar-refractivity contribution in [1.29, 1.82) is 0 Å². The number of hydrogen-bond donors (Lipinski definition) is 1. The van der Waals surface area contributed by atoms with E-state index in [0.717, 1.165) is 16.7 Å². The van der Waals surface area contributed by atoms with E-state index in [2.05, 4.69) is 11.9 Å². The molecule has 154 valence electrons. The van der Waals surface area contributed by atoms with E-state index in [0.29, 0.717) is 54.9 Å². The van der Waals surface area contributed by atoms with Gasteiger partial charge in [-0.15, -0.1) is 0 Å². The van der Waals surface area contributed by atoms with Gasteiger partial charge in [-0.25, -0.2) is 0 Å². The fourth-order valence-corrected chi connectivity index (χ4v) is 4.32. The molecule has 2 aromatic carbocycles. The number of piperidine rings is 1. The quantitative estimate of drug-likeness (QED) is 0.769. The topological polar surface area (TPSA) is 66.5 Å². The number of Topliss-reactive ketones (excluding diaryl/α,β-unsaturated/α-hetero) is 1. The maximum Gasteiger partial charge on any atom is 0.255 e. The van der Waals surface area contributed by atoms with Crippen LogP contribution >= 0.6 is 11.6 Å². The number of hydrogen-bond acceptors (Lipinski definition) is 3. The first-order chi connectivity index (χ1) is 14.4. The van der Waals surface area contributed by atoms with Crippen LogP contribution in [0.2, 0.25) is 5.02 Å². The van der Waals surface area contributed by atoms with E-state index in [1.165, 1.54) is 0 Å². The largest absolute Gasteiger partial charge is 0.329 e. The third-order valence-corrected chi connectivity index (χ3v) is 5.92. The van der Waals surface area contributed by atoms with Gasteiger partial charge in [-0.1, -0.05) is 42.4 Å². The Morgan fingerprint density at radius 1 is 1.17 bits per heavy atom. The van der Waals surface area contributed by atoms with E-state index >= 15 is 0 Å². The summed E-state index contributed by atoms with van der Waals surface area (Å²) in [5.74, 6) is -0.130. The second-order valence-corrected chi connectivity index (χ2v) is 8.35. The summed E-state index contributed by atoms with van der Waals surface area (Å²) in [6.45, 7) is 4.21. The average Bonchev–Trinajstić information content (AvgIpc) is 3.02. The maximum atomic E-state index is 12.8. The minimum atomic E-state index is -0.460. The van der Waals surface area contributed by atoms with Crippen LogP contribution in [0.5, 0.6) is 0 Å². The Morgan fingerprint density at radius 3 is 2.77 bits per heavy atom. The van der Waals surface area contributed by atoms with Gasteiger partial charge >= 0.3 is 0 Å². The number of amides is 2. The summed E-state index contributed by atoms with van der Waals surface area (Å²) in [4.78, 5) is 39.1. The van der Waals surface area contributed by atoms with Crippen LogP contribution in [0.3, 0.4) is 0 Å². The minimum Gasteiger partial charge on any atom is -0.329 e. The van der Waals surface area contributed by atoms with Gasteiger partial charge in [-0.05, 0) is 54.2 Å². The van der Waals surface area contributed by atoms with Crippen molar-refractivity contribution in [2.75, 3.05) is 0 Å². The predicted molar refractivity (Wildman–Crippen MR) is 115 cm³/mol. The smallest absolute Gasteiger partial charge is 0.255 e. The Balaban J connectivity index is 1.38. The highest BCUT2D eigenvalue weighted by Gasteiger charge is 2.38. The van der Waals surface area contributed by atoms with Crippen LogP contribution in [0.4, 0.5) is 0 Å². The number of rotatable bonds is 6. The Labute approximate surface area is 180 Å². The lowest BCUT2D eigenvalue weighted by Gasteiger charge is -2.30. The fourth-order valence-electron chi connectivity index (χ4n) is 4.11. The highest BCUT2D eigenvalue weighted by molar-refractivity contribution is 6.30. The summed E-state index contributed by atoms with van der Waals surface area (Å²) in [7, 11) is 0. The molecule has 0 aromatic heterocycles. The van der Waals surface area contributed by atoms with E-state index in [1.807, 2.05) is 36.4 Å². The van der Waals surface area contributed by atoms with E-state index in [4.69, 9.17) is 11.6 Å². The molecular formula is C24H23ClN2O3. The number of benzene rings is 2. The summed E-state index contributed by atoms with van der Waals surface area (Å²) in [5.41, 5.74) is 4.18. The normalized spacial score (nSPS) is 18.4. The van der Waals surface area contributed by atoms with Crippen molar-refractivity contribution in [3.8, 4) is 0 Å². The van der Waals surface area contributed by atoms with Crippen LogP contribution in [-0.4, -0.2) is 28.5 Å². The molecule has 2 amide bonds. The van der Waals surface area contributed by atoms with Gasteiger partial charge in [0, 0.05) is 35.7 Å². The maximum absolute atomic E-state index is 12.8. The van der Waals surface area contributed by atoms with Crippen molar-refractivity contribution >= 4 is 29.2 Å². The lowest BCUT2D eigenvalue weighted by Crippen LogP contribution is -2.49. The monoisotopic (exact) mass is 422 g/mol. The molecule has 0 aliphatic carbocycles. The van der Waals surface area contributed by atoms with E-state index in [1.54, 1.807) is 11.0 Å². The van der Waals surface area contributed by atoms with Gasteiger partial charge in [0.05, 0.1) is 0 Å². The Hall–Kier alpha value is -2.92. The van der Waals surface area contributed by atoms with Gasteiger partial charge in [0.25, 0.3) is 5.91 Å². The molecule has 2 aliphatic heterocycles. The molecular weight excluding hydrogens is 400 g/mol. The fraction of sp³-hybridized carbons (Fsp3) is 0.292. The summed E-state index contributed by atoms with van der Waals surface area (Å²) < 4.78 is 0. The van der Waals surface area contributed by atoms with Crippen LogP contribution in [-0.2, 0) is 29.0 Å². The van der Waals surface area contributed by atoms with Crippen molar-refractivity contribution in [1.82, 2.24) is 10.2 Å². The number of halogens is 1. The first-order valence-corrected chi connectivity index (χ1v) is 10.5. The second-order valence-electron chi connectivity index (χ2n) is 7.92. The molecule has 2 aromatic rings. The molecule has 0 bridgehead atoms. The van der Waals surface area contributed by atoms with Crippen molar-refractivity contribution < 1.29 is 14.4 Å². The number of nitrogens with one attached hydrogen (secondary N) is 1. The van der Waals surface area contributed by atoms with Gasteiger partial charge in [0.15, 0.2) is 0 Å². The van der Waals surface area contributed by atoms with Crippen LogP contribution in [0.25, 0.3) is 0 Å². The first-order valence-electron chi connectivity index (χ1n) is 10.1. The van der Waals surface area contributed by atoms with Crippen molar-refractivity contribution in [3.05, 3.63) is 82.0 Å². The van der Waals surface area contributed by atoms with Crippen LogP contribution < -0.4 is 5.32 Å². The number of nitrogens with zero attached hydrogens (tertiary/aromatic N) is 1. The highest BCUT2D eigenvalue weighted by atomic mass is 35.5. The third kappa shape index (κ3) is 4.31. The molecule has 6 heteroatoms. The zero-order chi connectivity index (χ0) is 21.3. The summed E-state index contributed by atoms with van der Waals surface area (Å²) in [6, 6.07) is 12.6. The van der Waals surface area contributed by atoms with Crippen LogP contribution in [0, 0.1) is 0 Å². The number of aryl methyl sites for hydroxylation is 1. The summed E-state index contributed by atoms with van der Waals surface area (Å²) in [6.07, 6.45) is 2.67. The molecule has 4 rings (SSSR count). The average molecular weight is 423 g/mol. The van der Waals surface area contributed by atoms with Gasteiger partial charge in [0.2, 0.25) is 5.91 Å². The standard InChI is InChI=1S/C24H23ClN2O3/c1-15-5-10-22(23(29)26-15)27-14-18-11-16(7-9-21(18)24(27)30)6-8-20(28)13-17-3-2-4-19(25)12-17/h2-4,7,9,11-12,22H,1,5-6,8,10,13-14H2,(H,26,29). The molecule has 1 fully saturated rings. The van der Waals surface area contributed by atoms with E-state index in [9.17, 15) is 14.4 Å². The van der Waals surface area contributed by atoms with E-state index < -0.39 is 6.04 Å². The van der Waals surface area contributed by atoms with Crippen molar-refractivity contribution in [3.63, 3.8) is 0 Å². The number of ketones is 1. The molecule has 2 heterocycles. The second kappa shape index (κ2) is 8.44. The number of allylic oxidation sites excluding steroid dienone is 1. The lowest BCUT2D eigenvalue weighted by atomic mass is 10.00. The van der Waals surface area contributed by atoms with E-state index in [-0.39, 0.29) is 17.6 Å². The zero-order valence-corrected chi connectivity index (χ0v) is 17.4. The SMILES string of the molecule is C=C1CCC(N2Cc3cc(CCC(=O)Cc4cccc(Cl)c4)ccc3C2=O)C(=O)N1. The molecule has 1 unspecified atom stereocenters. The highest BCUT2D eigenvalue weighted by Crippen LogP contribution is 2.29. The number of carbonyl (C=O) groups is 3. The summed E-state index contributed by atoms with van der Waals surface area (Å²) >= 11 is 5.98. The van der Waals surface area contributed by atoms with Crippen LogP contribution in [0.15, 0.2) is 54.7 Å². The first kappa shape index (κ1) is 20.4. The minimum absolute atomic E-state index is 0.110. The third-order valence-electron chi connectivity index (χ3n) is 5.68. The number of carbonyl (C=O) groups excluding carboxylic acids is 3. The van der Waals surface area contributed by atoms with Crippen molar-refractivity contribution in [2.24, 2.45) is 0 Å². The van der Waals surface area contributed by atoms with Crippen molar-refractivity contribution in [2.45, 2.75) is 44.7 Å². The Morgan fingerprint density at radius 2 is 2.00 bits per heavy atom. The zero-order valence-electron chi connectivity index (χ0n) is 16.6. The molecule has 2 aliphatic rings. The molecule has 0 saturated carbocycles. The lowest BCUT2D eigenvalue weighted by molar-refractivity contribution is -0.126. The summed E-state index contributed by atoms with van der Waals surface area (Å²) in [5, 5.41) is 3.38. The molecule has 1 saturated heterocycles.